The van der Waals surface area contributed by atoms with Crippen LogP contribution in [0.3, 0.4) is 0 Å². The van der Waals surface area contributed by atoms with E-state index in [1.54, 1.807) is 12.1 Å². The van der Waals surface area contributed by atoms with E-state index in [4.69, 9.17) is 4.74 Å². The third-order valence-corrected chi connectivity index (χ3v) is 1.50. The lowest BCUT2D eigenvalue weighted by atomic mass is 10.3. The van der Waals surface area contributed by atoms with Crippen molar-refractivity contribution in [3.63, 3.8) is 0 Å². The van der Waals surface area contributed by atoms with E-state index in [9.17, 15) is 4.39 Å². The van der Waals surface area contributed by atoms with Crippen molar-refractivity contribution < 1.29 is 9.13 Å². The fraction of sp³-hybridized carbons (Fsp3) is 0.200. The third kappa shape index (κ3) is 2.38. The minimum absolute atomic E-state index is 0.250. The molecule has 0 radical (unpaired) electrons. The van der Waals surface area contributed by atoms with Crippen LogP contribution < -0.4 is 4.74 Å². The zero-order valence-electron chi connectivity index (χ0n) is 7.17. The van der Waals surface area contributed by atoms with Crippen molar-refractivity contribution in [2.75, 3.05) is 0 Å². The zero-order chi connectivity index (χ0) is 8.97. The summed E-state index contributed by atoms with van der Waals surface area (Å²) in [6.07, 6.45) is 1.85. The second kappa shape index (κ2) is 3.90. The molecule has 0 fully saturated rings. The van der Waals surface area contributed by atoms with E-state index >= 15 is 0 Å². The number of ether oxygens (including phenoxy) is 1. The lowest BCUT2D eigenvalue weighted by molar-refractivity contribution is 0.425. The molecule has 0 unspecified atom stereocenters. The summed E-state index contributed by atoms with van der Waals surface area (Å²) in [5.74, 6) is 1.22. The van der Waals surface area contributed by atoms with Crippen LogP contribution in [0.25, 0.3) is 0 Å². The fourth-order valence-corrected chi connectivity index (χ4v) is 0.747. The number of hydrogen-bond acceptors (Lipinski definition) is 1. The lowest BCUT2D eigenvalue weighted by Gasteiger charge is -2.03. The van der Waals surface area contributed by atoms with Gasteiger partial charge >= 0.3 is 0 Å². The molecule has 1 aromatic carbocycles. The van der Waals surface area contributed by atoms with Crippen LogP contribution in [0.2, 0.25) is 0 Å². The molecule has 0 saturated heterocycles. The van der Waals surface area contributed by atoms with Gasteiger partial charge in [-0.1, -0.05) is 0 Å². The summed E-state index contributed by atoms with van der Waals surface area (Å²) >= 11 is 0. The van der Waals surface area contributed by atoms with Gasteiger partial charge in [0.2, 0.25) is 0 Å². The molecule has 0 aliphatic heterocycles. The van der Waals surface area contributed by atoms with E-state index in [-0.39, 0.29) is 5.82 Å². The highest BCUT2D eigenvalue weighted by Crippen LogP contribution is 2.13. The van der Waals surface area contributed by atoms with Gasteiger partial charge < -0.3 is 4.74 Å². The topological polar surface area (TPSA) is 9.23 Å². The Kier molecular flexibility index (Phi) is 2.86. The normalized spacial score (nSPS) is 11.4. The van der Waals surface area contributed by atoms with Crippen molar-refractivity contribution in [2.45, 2.75) is 13.8 Å². The van der Waals surface area contributed by atoms with Crippen LogP contribution in [-0.2, 0) is 0 Å². The average molecular weight is 166 g/mol. The van der Waals surface area contributed by atoms with Gasteiger partial charge in [0.15, 0.2) is 0 Å². The number of hydrogen-bond donors (Lipinski definition) is 0. The van der Waals surface area contributed by atoms with Gasteiger partial charge in [-0.05, 0) is 44.2 Å². The number of halogens is 1. The molecule has 0 amide bonds. The molecule has 0 aromatic heterocycles. The van der Waals surface area contributed by atoms with E-state index in [2.05, 4.69) is 0 Å². The van der Waals surface area contributed by atoms with Crippen molar-refractivity contribution in [1.82, 2.24) is 0 Å². The largest absolute Gasteiger partial charge is 0.462 e. The monoisotopic (exact) mass is 166 g/mol. The Morgan fingerprint density at radius 2 is 1.92 bits per heavy atom. The van der Waals surface area contributed by atoms with Crippen molar-refractivity contribution in [3.05, 3.63) is 41.9 Å². The number of rotatable bonds is 2. The van der Waals surface area contributed by atoms with E-state index in [1.165, 1.54) is 12.1 Å². The summed E-state index contributed by atoms with van der Waals surface area (Å²) in [7, 11) is 0. The summed E-state index contributed by atoms with van der Waals surface area (Å²) in [5.41, 5.74) is 0. The summed E-state index contributed by atoms with van der Waals surface area (Å²) in [4.78, 5) is 0. The number of benzene rings is 1. The molecule has 12 heavy (non-hydrogen) atoms. The van der Waals surface area contributed by atoms with Crippen LogP contribution in [0.15, 0.2) is 36.1 Å². The first-order valence-electron chi connectivity index (χ1n) is 3.78. The van der Waals surface area contributed by atoms with Gasteiger partial charge in [0, 0.05) is 0 Å². The first kappa shape index (κ1) is 8.78. The first-order chi connectivity index (χ1) is 5.72. The van der Waals surface area contributed by atoms with Crippen LogP contribution in [0, 0.1) is 5.82 Å². The fourth-order valence-electron chi connectivity index (χ4n) is 0.747. The smallest absolute Gasteiger partial charge is 0.127 e. The van der Waals surface area contributed by atoms with Crippen LogP contribution in [0.4, 0.5) is 4.39 Å². The summed E-state index contributed by atoms with van der Waals surface area (Å²) in [5, 5.41) is 0. The lowest BCUT2D eigenvalue weighted by Crippen LogP contribution is -1.89. The average Bonchev–Trinajstić information content (AvgIpc) is 2.09. The minimum atomic E-state index is -0.250. The van der Waals surface area contributed by atoms with Crippen LogP contribution in [0.1, 0.15) is 13.8 Å². The highest BCUT2D eigenvalue weighted by atomic mass is 19.1. The van der Waals surface area contributed by atoms with Crippen molar-refractivity contribution in [3.8, 4) is 5.75 Å². The molecule has 2 heteroatoms. The van der Waals surface area contributed by atoms with Crippen molar-refractivity contribution >= 4 is 0 Å². The Bertz CT molecular complexity index is 274. The van der Waals surface area contributed by atoms with Gasteiger partial charge in [-0.3, -0.25) is 0 Å². The third-order valence-electron chi connectivity index (χ3n) is 1.50. The van der Waals surface area contributed by atoms with Gasteiger partial charge in [-0.25, -0.2) is 4.39 Å². The molecule has 1 nitrogen and oxygen atoms in total. The first-order valence-corrected chi connectivity index (χ1v) is 3.78. The highest BCUT2D eigenvalue weighted by molar-refractivity contribution is 5.23. The quantitative estimate of drug-likeness (QED) is 0.613. The molecule has 1 rings (SSSR count). The van der Waals surface area contributed by atoms with Crippen LogP contribution in [0.5, 0.6) is 5.75 Å². The summed E-state index contributed by atoms with van der Waals surface area (Å²) < 4.78 is 17.7. The Labute approximate surface area is 71.5 Å². The molecule has 0 aliphatic rings. The molecule has 0 N–H and O–H groups in total. The maximum atomic E-state index is 12.4. The van der Waals surface area contributed by atoms with Crippen LogP contribution >= 0.6 is 0 Å². The van der Waals surface area contributed by atoms with Crippen molar-refractivity contribution in [1.29, 1.82) is 0 Å². The zero-order valence-corrected chi connectivity index (χ0v) is 7.17. The van der Waals surface area contributed by atoms with Gasteiger partial charge in [0.1, 0.15) is 11.6 Å². The molecule has 0 heterocycles. The van der Waals surface area contributed by atoms with E-state index in [1.807, 2.05) is 19.9 Å². The molecular weight excluding hydrogens is 155 g/mol. The molecular formula is C10H11FO. The predicted molar refractivity (Wildman–Crippen MR) is 46.5 cm³/mol. The Morgan fingerprint density at radius 3 is 2.42 bits per heavy atom. The predicted octanol–water partition coefficient (Wildman–Crippen LogP) is 3.13. The summed E-state index contributed by atoms with van der Waals surface area (Å²) in [6.45, 7) is 3.74. The van der Waals surface area contributed by atoms with E-state index in [0.29, 0.717) is 5.75 Å². The molecule has 0 bridgehead atoms. The maximum Gasteiger partial charge on any atom is 0.127 e. The summed E-state index contributed by atoms with van der Waals surface area (Å²) in [6, 6.07) is 5.95. The molecule has 0 saturated carbocycles. The highest BCUT2D eigenvalue weighted by Gasteiger charge is 1.94. The molecule has 1 aromatic rings. The standard InChI is InChI=1S/C10H11FO/c1-3-8(2)12-10-6-4-9(11)5-7-10/h3-7H,1-2H3. The molecule has 0 spiro atoms. The Morgan fingerprint density at radius 1 is 1.33 bits per heavy atom. The van der Waals surface area contributed by atoms with Gasteiger partial charge in [-0.15, -0.1) is 0 Å². The second-order valence-corrected chi connectivity index (χ2v) is 2.46. The molecule has 64 valence electrons. The number of allylic oxidation sites excluding steroid dienone is 2. The SMILES string of the molecule is CC=C(C)Oc1ccc(F)cc1. The minimum Gasteiger partial charge on any atom is -0.462 e. The Balaban J connectivity index is 2.71. The molecule has 0 atom stereocenters. The molecule has 0 aliphatic carbocycles. The van der Waals surface area contributed by atoms with Gasteiger partial charge in [-0.2, -0.15) is 0 Å². The van der Waals surface area contributed by atoms with Crippen LogP contribution in [-0.4, -0.2) is 0 Å². The Hall–Kier alpha value is -1.31. The second-order valence-electron chi connectivity index (χ2n) is 2.46. The van der Waals surface area contributed by atoms with E-state index < -0.39 is 0 Å². The van der Waals surface area contributed by atoms with E-state index in [0.717, 1.165) is 5.76 Å². The van der Waals surface area contributed by atoms with Crippen molar-refractivity contribution in [2.24, 2.45) is 0 Å². The van der Waals surface area contributed by atoms with Gasteiger partial charge in [0.05, 0.1) is 5.76 Å². The van der Waals surface area contributed by atoms with Gasteiger partial charge in [0.25, 0.3) is 0 Å². The maximum absolute atomic E-state index is 12.4.